The second-order valence-corrected chi connectivity index (χ2v) is 8.34. The first-order valence-electron chi connectivity index (χ1n) is 11.3. The summed E-state index contributed by atoms with van der Waals surface area (Å²) < 4.78 is 12.3. The first kappa shape index (κ1) is 23.0. The second-order valence-electron chi connectivity index (χ2n) is 8.34. The average molecular weight is 482 g/mol. The fourth-order valence-electron chi connectivity index (χ4n) is 3.93. The molecule has 0 atom stereocenters. The molecule has 0 fully saturated rings. The zero-order valence-electron chi connectivity index (χ0n) is 20.0. The van der Waals surface area contributed by atoms with E-state index in [0.717, 1.165) is 16.8 Å². The van der Waals surface area contributed by atoms with Gasteiger partial charge in [-0.15, -0.1) is 0 Å². The number of fused-ring (bicyclic) bond motifs is 1. The molecule has 0 bridgehead atoms. The summed E-state index contributed by atoms with van der Waals surface area (Å²) in [6, 6.07) is 18.1. The van der Waals surface area contributed by atoms with E-state index in [4.69, 9.17) is 9.26 Å². The third kappa shape index (κ3) is 4.46. The SMILES string of the molecule is COc1ccc(NC(=O)Cn2cc(-c3nc(-c4ccccc4C)no3)c(=O)c3ccc(C)nc32)cc1. The van der Waals surface area contributed by atoms with E-state index in [1.54, 1.807) is 54.3 Å². The molecule has 5 aromatic rings. The van der Waals surface area contributed by atoms with Gasteiger partial charge in [-0.1, -0.05) is 29.4 Å². The van der Waals surface area contributed by atoms with Crippen LogP contribution < -0.4 is 15.5 Å². The Hall–Kier alpha value is -4.79. The lowest BCUT2D eigenvalue weighted by Gasteiger charge is -2.12. The predicted octanol–water partition coefficient (Wildman–Crippen LogP) is 4.38. The number of anilines is 1. The van der Waals surface area contributed by atoms with Gasteiger partial charge in [-0.3, -0.25) is 9.59 Å². The standard InChI is InChI=1S/C27H23N5O4/c1-16-6-4-5-7-20(16)25-30-27(36-31-25)22-14-32(26-21(24(22)34)13-8-17(2)28-26)15-23(33)29-18-9-11-19(35-3)12-10-18/h4-14H,15H2,1-3H3,(H,29,33). The number of methoxy groups -OCH3 is 1. The van der Waals surface area contributed by atoms with E-state index in [-0.39, 0.29) is 29.3 Å². The smallest absolute Gasteiger partial charge is 0.263 e. The van der Waals surface area contributed by atoms with E-state index in [9.17, 15) is 9.59 Å². The van der Waals surface area contributed by atoms with Crippen molar-refractivity contribution in [3.05, 3.63) is 88.3 Å². The monoisotopic (exact) mass is 481 g/mol. The van der Waals surface area contributed by atoms with Crippen LogP contribution in [0.3, 0.4) is 0 Å². The summed E-state index contributed by atoms with van der Waals surface area (Å²) in [6.07, 6.45) is 1.54. The second kappa shape index (κ2) is 9.46. The topological polar surface area (TPSA) is 112 Å². The molecule has 9 heteroatoms. The zero-order valence-corrected chi connectivity index (χ0v) is 20.0. The number of aromatic nitrogens is 4. The lowest BCUT2D eigenvalue weighted by molar-refractivity contribution is -0.116. The van der Waals surface area contributed by atoms with Crippen molar-refractivity contribution in [1.82, 2.24) is 19.7 Å². The first-order valence-corrected chi connectivity index (χ1v) is 11.3. The predicted molar refractivity (Wildman–Crippen MR) is 136 cm³/mol. The maximum Gasteiger partial charge on any atom is 0.263 e. The molecular formula is C27H23N5O4. The summed E-state index contributed by atoms with van der Waals surface area (Å²) in [5.74, 6) is 0.859. The normalized spacial score (nSPS) is 11.0. The van der Waals surface area contributed by atoms with Crippen LogP contribution in [0.5, 0.6) is 5.75 Å². The molecule has 9 nitrogen and oxygen atoms in total. The Bertz CT molecular complexity index is 1640. The fourth-order valence-corrected chi connectivity index (χ4v) is 3.93. The number of rotatable bonds is 6. The van der Waals surface area contributed by atoms with Gasteiger partial charge in [0.25, 0.3) is 5.89 Å². The van der Waals surface area contributed by atoms with E-state index in [0.29, 0.717) is 28.3 Å². The molecule has 5 rings (SSSR count). The highest BCUT2D eigenvalue weighted by molar-refractivity contribution is 5.92. The maximum atomic E-state index is 13.3. The van der Waals surface area contributed by atoms with Crippen LogP contribution >= 0.6 is 0 Å². The Labute approximate surface area is 206 Å². The Morgan fingerprint density at radius 1 is 1.00 bits per heavy atom. The molecule has 0 aliphatic rings. The van der Waals surface area contributed by atoms with Gasteiger partial charge in [-0.25, -0.2) is 4.98 Å². The number of ether oxygens (including phenoxy) is 1. The molecule has 0 radical (unpaired) electrons. The summed E-state index contributed by atoms with van der Waals surface area (Å²) in [6.45, 7) is 3.70. The molecule has 36 heavy (non-hydrogen) atoms. The fraction of sp³-hybridized carbons (Fsp3) is 0.148. The molecule has 0 aliphatic heterocycles. The van der Waals surface area contributed by atoms with E-state index < -0.39 is 0 Å². The molecule has 1 N–H and O–H groups in total. The third-order valence-electron chi connectivity index (χ3n) is 5.79. The molecule has 0 saturated carbocycles. The summed E-state index contributed by atoms with van der Waals surface area (Å²) in [5, 5.41) is 7.29. The van der Waals surface area contributed by atoms with Crippen molar-refractivity contribution in [2.24, 2.45) is 0 Å². The minimum absolute atomic E-state index is 0.0741. The number of hydrogen-bond acceptors (Lipinski definition) is 7. The van der Waals surface area contributed by atoms with Crippen molar-refractivity contribution in [1.29, 1.82) is 0 Å². The Morgan fingerprint density at radius 3 is 2.53 bits per heavy atom. The van der Waals surface area contributed by atoms with Gasteiger partial charge in [0, 0.05) is 23.1 Å². The number of amides is 1. The van der Waals surface area contributed by atoms with Gasteiger partial charge in [0.2, 0.25) is 17.2 Å². The summed E-state index contributed by atoms with van der Waals surface area (Å²) >= 11 is 0. The third-order valence-corrected chi connectivity index (χ3v) is 5.79. The number of aryl methyl sites for hydroxylation is 2. The van der Waals surface area contributed by atoms with Crippen LogP contribution in [-0.4, -0.2) is 32.7 Å². The highest BCUT2D eigenvalue weighted by Gasteiger charge is 2.19. The van der Waals surface area contributed by atoms with E-state index in [2.05, 4.69) is 20.4 Å². The van der Waals surface area contributed by atoms with Crippen molar-refractivity contribution < 1.29 is 14.1 Å². The molecule has 0 unspecified atom stereocenters. The molecular weight excluding hydrogens is 458 g/mol. The zero-order chi connectivity index (χ0) is 25.2. The van der Waals surface area contributed by atoms with Gasteiger partial charge < -0.3 is 19.1 Å². The molecule has 180 valence electrons. The molecule has 3 heterocycles. The van der Waals surface area contributed by atoms with E-state index in [1.165, 1.54) is 0 Å². The molecule has 1 amide bonds. The van der Waals surface area contributed by atoms with Gasteiger partial charge in [0.1, 0.15) is 23.5 Å². The quantitative estimate of drug-likeness (QED) is 0.383. The van der Waals surface area contributed by atoms with Crippen LogP contribution in [0.2, 0.25) is 0 Å². The van der Waals surface area contributed by atoms with Crippen molar-refractivity contribution >= 4 is 22.6 Å². The van der Waals surface area contributed by atoms with Gasteiger partial charge in [0.15, 0.2) is 0 Å². The number of hydrogen-bond donors (Lipinski definition) is 1. The summed E-state index contributed by atoms with van der Waals surface area (Å²) in [5.41, 5.74) is 3.42. The van der Waals surface area contributed by atoms with E-state index >= 15 is 0 Å². The average Bonchev–Trinajstić information content (AvgIpc) is 3.36. The summed E-state index contributed by atoms with van der Waals surface area (Å²) in [4.78, 5) is 35.2. The van der Waals surface area contributed by atoms with Gasteiger partial charge in [-0.2, -0.15) is 4.98 Å². The number of nitrogens with zero attached hydrogens (tertiary/aromatic N) is 4. The number of nitrogens with one attached hydrogen (secondary N) is 1. The van der Waals surface area contributed by atoms with Crippen LogP contribution in [0.1, 0.15) is 11.3 Å². The maximum absolute atomic E-state index is 13.3. The van der Waals surface area contributed by atoms with E-state index in [1.807, 2.05) is 38.1 Å². The molecule has 0 spiro atoms. The lowest BCUT2D eigenvalue weighted by atomic mass is 10.1. The lowest BCUT2D eigenvalue weighted by Crippen LogP contribution is -2.22. The van der Waals surface area contributed by atoms with Gasteiger partial charge >= 0.3 is 0 Å². The number of benzene rings is 2. The number of pyridine rings is 2. The van der Waals surface area contributed by atoms with Crippen LogP contribution in [-0.2, 0) is 11.3 Å². The minimum atomic E-state index is -0.302. The largest absolute Gasteiger partial charge is 0.497 e. The van der Waals surface area contributed by atoms with Crippen LogP contribution in [0.4, 0.5) is 5.69 Å². The van der Waals surface area contributed by atoms with Gasteiger partial charge in [-0.05, 0) is 55.8 Å². The van der Waals surface area contributed by atoms with Gasteiger partial charge in [0.05, 0.1) is 12.5 Å². The molecule has 0 aliphatic carbocycles. The first-order chi connectivity index (χ1) is 17.4. The Balaban J connectivity index is 1.53. The molecule has 2 aromatic carbocycles. The van der Waals surface area contributed by atoms with Crippen LogP contribution in [0.15, 0.2) is 76.2 Å². The van der Waals surface area contributed by atoms with Crippen molar-refractivity contribution in [3.8, 4) is 28.6 Å². The molecule has 0 saturated heterocycles. The van der Waals surface area contributed by atoms with Crippen LogP contribution in [0, 0.1) is 13.8 Å². The Kier molecular flexibility index (Phi) is 6.03. The number of carbonyl (C=O) groups excluding carboxylic acids is 1. The highest BCUT2D eigenvalue weighted by atomic mass is 16.5. The Morgan fingerprint density at radius 2 is 1.78 bits per heavy atom. The van der Waals surface area contributed by atoms with Crippen molar-refractivity contribution in [2.75, 3.05) is 12.4 Å². The van der Waals surface area contributed by atoms with Crippen molar-refractivity contribution in [2.45, 2.75) is 20.4 Å². The minimum Gasteiger partial charge on any atom is -0.497 e. The molecule has 3 aromatic heterocycles. The number of carbonyl (C=O) groups is 1. The summed E-state index contributed by atoms with van der Waals surface area (Å²) in [7, 11) is 1.58. The highest BCUT2D eigenvalue weighted by Crippen LogP contribution is 2.24. The van der Waals surface area contributed by atoms with Crippen LogP contribution in [0.25, 0.3) is 33.9 Å². The van der Waals surface area contributed by atoms with Crippen molar-refractivity contribution in [3.63, 3.8) is 0 Å².